The third-order valence-electron chi connectivity index (χ3n) is 6.38. The van der Waals surface area contributed by atoms with E-state index in [1.807, 2.05) is 25.1 Å². The largest absolute Gasteiger partial charge is 0.494 e. The molecule has 0 spiro atoms. The normalized spacial score (nSPS) is 11.3. The molecule has 0 amide bonds. The fourth-order valence-corrected chi connectivity index (χ4v) is 4.72. The molecule has 3 nitrogen and oxygen atoms in total. The molecule has 0 saturated carbocycles. The van der Waals surface area contributed by atoms with Crippen molar-refractivity contribution in [2.24, 2.45) is 0 Å². The molecule has 0 bridgehead atoms. The number of aryl methyl sites for hydroxylation is 2. The van der Waals surface area contributed by atoms with Gasteiger partial charge in [0.2, 0.25) is 0 Å². The molecule has 1 heterocycles. The lowest BCUT2D eigenvalue weighted by molar-refractivity contribution is 0.303. The number of para-hydroxylation sites is 2. The van der Waals surface area contributed by atoms with Crippen LogP contribution in [-0.2, 0) is 6.54 Å². The summed E-state index contributed by atoms with van der Waals surface area (Å²) in [6.07, 6.45) is 1.95. The van der Waals surface area contributed by atoms with Crippen molar-refractivity contribution in [3.8, 4) is 5.75 Å². The van der Waals surface area contributed by atoms with Gasteiger partial charge in [-0.3, -0.25) is 0 Å². The summed E-state index contributed by atoms with van der Waals surface area (Å²) >= 11 is 6.13. The number of hydrogen-bond donors (Lipinski definition) is 0. The molecular weight excluding hydrogens is 452 g/mol. The first-order chi connectivity index (χ1) is 17.2. The highest BCUT2D eigenvalue weighted by Gasteiger charge is 2.23. The van der Waals surface area contributed by atoms with Crippen molar-refractivity contribution in [3.05, 3.63) is 131 Å². The molecule has 0 aliphatic rings. The minimum absolute atomic E-state index is 0.0677. The Bertz CT molecular complexity index is 1360. The van der Waals surface area contributed by atoms with Crippen molar-refractivity contribution in [2.45, 2.75) is 32.2 Å². The minimum Gasteiger partial charge on any atom is -0.494 e. The molecule has 4 heteroatoms. The molecule has 0 atom stereocenters. The summed E-state index contributed by atoms with van der Waals surface area (Å²) in [5.74, 6) is 2.02. The lowest BCUT2D eigenvalue weighted by atomic mass is 9.90. The van der Waals surface area contributed by atoms with Crippen molar-refractivity contribution in [2.75, 3.05) is 6.61 Å². The number of unbranched alkanes of at least 4 members (excludes halogenated alkanes) is 1. The molecule has 4 aromatic carbocycles. The summed E-state index contributed by atoms with van der Waals surface area (Å²) in [7, 11) is 0. The van der Waals surface area contributed by atoms with Crippen LogP contribution in [0.15, 0.2) is 103 Å². The van der Waals surface area contributed by atoms with Crippen molar-refractivity contribution in [3.63, 3.8) is 0 Å². The topological polar surface area (TPSA) is 27.1 Å². The third-order valence-corrected chi connectivity index (χ3v) is 6.81. The Kier molecular flexibility index (Phi) is 7.15. The fourth-order valence-electron chi connectivity index (χ4n) is 4.60. The van der Waals surface area contributed by atoms with Gasteiger partial charge in [0.05, 0.1) is 23.6 Å². The Morgan fingerprint density at radius 1 is 0.800 bits per heavy atom. The van der Waals surface area contributed by atoms with Crippen molar-refractivity contribution in [1.29, 1.82) is 0 Å². The number of fused-ring (bicyclic) bond motifs is 1. The molecule has 5 aromatic rings. The Morgan fingerprint density at radius 2 is 1.46 bits per heavy atom. The number of ether oxygens (including phenoxy) is 1. The van der Waals surface area contributed by atoms with Crippen LogP contribution in [0.5, 0.6) is 5.75 Å². The van der Waals surface area contributed by atoms with Crippen LogP contribution in [0, 0.1) is 6.92 Å². The molecule has 0 aliphatic carbocycles. The van der Waals surface area contributed by atoms with E-state index < -0.39 is 0 Å². The van der Waals surface area contributed by atoms with Gasteiger partial charge in [0, 0.05) is 11.6 Å². The van der Waals surface area contributed by atoms with Gasteiger partial charge < -0.3 is 9.30 Å². The van der Waals surface area contributed by atoms with Crippen LogP contribution >= 0.6 is 11.6 Å². The molecule has 35 heavy (non-hydrogen) atoms. The van der Waals surface area contributed by atoms with Crippen LogP contribution in [0.2, 0.25) is 5.02 Å². The number of hydrogen-bond acceptors (Lipinski definition) is 2. The maximum atomic E-state index is 6.13. The molecular formula is C31H29ClN2O. The van der Waals surface area contributed by atoms with Crippen molar-refractivity contribution < 1.29 is 4.74 Å². The average Bonchev–Trinajstić information content (AvgIpc) is 3.25. The summed E-state index contributed by atoms with van der Waals surface area (Å²) in [5.41, 5.74) is 5.74. The molecule has 176 valence electrons. The maximum absolute atomic E-state index is 6.13. The van der Waals surface area contributed by atoms with Gasteiger partial charge in [-0.15, -0.1) is 0 Å². The third kappa shape index (κ3) is 5.26. The summed E-state index contributed by atoms with van der Waals surface area (Å²) in [6.45, 7) is 3.55. The second-order valence-corrected chi connectivity index (χ2v) is 9.24. The van der Waals surface area contributed by atoms with E-state index in [0.717, 1.165) is 47.1 Å². The molecule has 5 rings (SSSR count). The van der Waals surface area contributed by atoms with E-state index in [0.29, 0.717) is 6.61 Å². The lowest BCUT2D eigenvalue weighted by Gasteiger charge is -2.20. The number of aromatic nitrogens is 2. The van der Waals surface area contributed by atoms with Crippen LogP contribution in [0.4, 0.5) is 0 Å². The zero-order chi connectivity index (χ0) is 24.0. The highest BCUT2D eigenvalue weighted by atomic mass is 35.5. The number of benzene rings is 4. The van der Waals surface area contributed by atoms with Crippen LogP contribution < -0.4 is 4.74 Å². The molecule has 1 aromatic heterocycles. The summed E-state index contributed by atoms with van der Waals surface area (Å²) < 4.78 is 8.38. The van der Waals surface area contributed by atoms with E-state index in [-0.39, 0.29) is 5.92 Å². The number of rotatable bonds is 9. The quantitative estimate of drug-likeness (QED) is 0.199. The van der Waals surface area contributed by atoms with Gasteiger partial charge in [-0.1, -0.05) is 84.4 Å². The lowest BCUT2D eigenvalue weighted by Crippen LogP contribution is -2.13. The van der Waals surface area contributed by atoms with Gasteiger partial charge in [0.25, 0.3) is 0 Å². The van der Waals surface area contributed by atoms with Gasteiger partial charge >= 0.3 is 0 Å². The Labute approximate surface area is 212 Å². The summed E-state index contributed by atoms with van der Waals surface area (Å²) in [4.78, 5) is 5.15. The summed E-state index contributed by atoms with van der Waals surface area (Å²) in [6, 6.07) is 35.6. The van der Waals surface area contributed by atoms with Crippen LogP contribution in [0.1, 0.15) is 41.3 Å². The SMILES string of the molecule is Cc1cc(OCCCCn2c(C(c3ccccc3)c3ccccc3)nc3ccccc32)ccc1Cl. The Balaban J connectivity index is 1.40. The molecule has 0 saturated heterocycles. The zero-order valence-electron chi connectivity index (χ0n) is 19.9. The van der Waals surface area contributed by atoms with Crippen molar-refractivity contribution >= 4 is 22.6 Å². The summed E-state index contributed by atoms with van der Waals surface area (Å²) in [5, 5.41) is 0.767. The van der Waals surface area contributed by atoms with Gasteiger partial charge in [-0.2, -0.15) is 0 Å². The molecule has 0 unspecified atom stereocenters. The van der Waals surface area contributed by atoms with Crippen molar-refractivity contribution in [1.82, 2.24) is 9.55 Å². The molecule has 0 N–H and O–H groups in total. The number of nitrogens with zero attached hydrogens (tertiary/aromatic N) is 2. The minimum atomic E-state index is 0.0677. The molecule has 0 radical (unpaired) electrons. The Hall–Kier alpha value is -3.56. The highest BCUT2D eigenvalue weighted by molar-refractivity contribution is 6.31. The highest BCUT2D eigenvalue weighted by Crippen LogP contribution is 2.33. The molecule has 0 aliphatic heterocycles. The molecule has 0 fully saturated rings. The number of halogens is 1. The van der Waals surface area contributed by atoms with E-state index in [9.17, 15) is 0 Å². The van der Waals surface area contributed by atoms with E-state index in [1.165, 1.54) is 16.6 Å². The smallest absolute Gasteiger partial charge is 0.121 e. The van der Waals surface area contributed by atoms with Crippen LogP contribution in [-0.4, -0.2) is 16.2 Å². The fraction of sp³-hybridized carbons (Fsp3) is 0.194. The first-order valence-electron chi connectivity index (χ1n) is 12.1. The van der Waals surface area contributed by atoms with E-state index in [1.54, 1.807) is 0 Å². The van der Waals surface area contributed by atoms with Crippen LogP contribution in [0.3, 0.4) is 0 Å². The standard InChI is InChI=1S/C31H29ClN2O/c1-23-22-26(18-19-27(23)32)35-21-11-10-20-34-29-17-9-8-16-28(29)33-31(34)30(24-12-4-2-5-13-24)25-14-6-3-7-15-25/h2-9,12-19,22,30H,10-11,20-21H2,1H3. The van der Waals surface area contributed by atoms with Gasteiger partial charge in [0.15, 0.2) is 0 Å². The Morgan fingerprint density at radius 3 is 2.14 bits per heavy atom. The second-order valence-electron chi connectivity index (χ2n) is 8.83. The average molecular weight is 481 g/mol. The van der Waals surface area contributed by atoms with E-state index in [2.05, 4.69) is 89.5 Å². The van der Waals surface area contributed by atoms with Gasteiger partial charge in [-0.25, -0.2) is 4.98 Å². The predicted molar refractivity (Wildman–Crippen MR) is 144 cm³/mol. The predicted octanol–water partition coefficient (Wildman–Crippen LogP) is 8.04. The van der Waals surface area contributed by atoms with E-state index >= 15 is 0 Å². The first-order valence-corrected chi connectivity index (χ1v) is 12.5. The van der Waals surface area contributed by atoms with Crippen LogP contribution in [0.25, 0.3) is 11.0 Å². The van der Waals surface area contributed by atoms with E-state index in [4.69, 9.17) is 21.3 Å². The van der Waals surface area contributed by atoms with Gasteiger partial charge in [-0.05, 0) is 66.8 Å². The zero-order valence-corrected chi connectivity index (χ0v) is 20.7. The first kappa shape index (κ1) is 23.2. The second kappa shape index (κ2) is 10.8. The number of imidazole rings is 1. The monoisotopic (exact) mass is 480 g/mol. The van der Waals surface area contributed by atoms with Gasteiger partial charge in [0.1, 0.15) is 11.6 Å². The maximum Gasteiger partial charge on any atom is 0.121 e.